The van der Waals surface area contributed by atoms with Crippen LogP contribution in [-0.2, 0) is 0 Å². The molecule has 0 saturated carbocycles. The number of nitrogens with two attached hydrogens (primary N) is 1. The minimum atomic E-state index is -1.02. The van der Waals surface area contributed by atoms with Gasteiger partial charge in [-0.05, 0) is 31.5 Å². The van der Waals surface area contributed by atoms with Crippen LogP contribution in [0.25, 0.3) is 0 Å². The fraction of sp³-hybridized carbons (Fsp3) is 0.400. The molecule has 1 aromatic carbocycles. The molecule has 0 amide bonds. The van der Waals surface area contributed by atoms with Crippen molar-refractivity contribution in [3.63, 3.8) is 0 Å². The lowest BCUT2D eigenvalue weighted by Gasteiger charge is -2.26. The molecule has 0 radical (unpaired) electrons. The van der Waals surface area contributed by atoms with Gasteiger partial charge >= 0.3 is 0 Å². The molecule has 4 heteroatoms. The second-order valence-corrected chi connectivity index (χ2v) is 3.90. The standard InChI is InChI=1S/C10H13F2NO/c1-10(2,13)9(14)6-3-4-7(11)8(12)5-6/h3-5,9,14H,13H2,1-2H3. The predicted molar refractivity (Wildman–Crippen MR) is 49.6 cm³/mol. The molecule has 1 atom stereocenters. The molecule has 0 saturated heterocycles. The van der Waals surface area contributed by atoms with Crippen molar-refractivity contribution in [1.82, 2.24) is 0 Å². The molecule has 0 aromatic heterocycles. The predicted octanol–water partition coefficient (Wildman–Crippen LogP) is 1.74. The first-order chi connectivity index (χ1) is 6.32. The van der Waals surface area contributed by atoms with Crippen LogP contribution in [0, 0.1) is 11.6 Å². The van der Waals surface area contributed by atoms with E-state index in [0.29, 0.717) is 0 Å². The van der Waals surface area contributed by atoms with Gasteiger partial charge in [0.05, 0.1) is 6.10 Å². The number of rotatable bonds is 2. The summed E-state index contributed by atoms with van der Waals surface area (Å²) in [7, 11) is 0. The van der Waals surface area contributed by atoms with Crippen LogP contribution >= 0.6 is 0 Å². The van der Waals surface area contributed by atoms with Crippen LogP contribution in [0.1, 0.15) is 25.5 Å². The van der Waals surface area contributed by atoms with Crippen molar-refractivity contribution in [2.75, 3.05) is 0 Å². The Labute approximate surface area is 81.4 Å². The van der Waals surface area contributed by atoms with E-state index < -0.39 is 23.3 Å². The van der Waals surface area contributed by atoms with Crippen LogP contribution in [0.3, 0.4) is 0 Å². The molecular formula is C10H13F2NO. The fourth-order valence-corrected chi connectivity index (χ4v) is 1.11. The molecule has 1 rings (SSSR count). The summed E-state index contributed by atoms with van der Waals surface area (Å²) in [5.41, 5.74) is 5.02. The van der Waals surface area contributed by atoms with Gasteiger partial charge in [-0.3, -0.25) is 0 Å². The highest BCUT2D eigenvalue weighted by molar-refractivity contribution is 5.22. The van der Waals surface area contributed by atoms with Crippen molar-refractivity contribution < 1.29 is 13.9 Å². The molecule has 3 N–H and O–H groups in total. The summed E-state index contributed by atoms with van der Waals surface area (Å²) >= 11 is 0. The zero-order chi connectivity index (χ0) is 10.9. The van der Waals surface area contributed by atoms with E-state index in [1.807, 2.05) is 0 Å². The maximum Gasteiger partial charge on any atom is 0.159 e. The number of hydrogen-bond donors (Lipinski definition) is 2. The molecule has 0 bridgehead atoms. The van der Waals surface area contributed by atoms with Crippen molar-refractivity contribution in [2.24, 2.45) is 5.73 Å². The monoisotopic (exact) mass is 201 g/mol. The van der Waals surface area contributed by atoms with E-state index in [1.165, 1.54) is 6.07 Å². The molecule has 0 spiro atoms. The largest absolute Gasteiger partial charge is 0.387 e. The summed E-state index contributed by atoms with van der Waals surface area (Å²) in [4.78, 5) is 0. The molecule has 0 aliphatic heterocycles. The number of hydrogen-bond acceptors (Lipinski definition) is 2. The minimum absolute atomic E-state index is 0.274. The maximum atomic E-state index is 12.8. The highest BCUT2D eigenvalue weighted by atomic mass is 19.2. The second-order valence-electron chi connectivity index (χ2n) is 3.90. The number of aliphatic hydroxyl groups excluding tert-OH is 1. The Balaban J connectivity index is 3.03. The summed E-state index contributed by atoms with van der Waals surface area (Å²) < 4.78 is 25.4. The Kier molecular flexibility index (Phi) is 2.87. The topological polar surface area (TPSA) is 46.2 Å². The van der Waals surface area contributed by atoms with Gasteiger partial charge in [-0.2, -0.15) is 0 Å². The van der Waals surface area contributed by atoms with Crippen LogP contribution in [0.4, 0.5) is 8.78 Å². The summed E-state index contributed by atoms with van der Waals surface area (Å²) in [5, 5.41) is 9.66. The Bertz CT molecular complexity index is 333. The van der Waals surface area contributed by atoms with E-state index in [1.54, 1.807) is 13.8 Å². The Hall–Kier alpha value is -1.00. The molecular weight excluding hydrogens is 188 g/mol. The van der Waals surface area contributed by atoms with Gasteiger partial charge in [-0.1, -0.05) is 6.07 Å². The molecule has 0 aliphatic rings. The van der Waals surface area contributed by atoms with E-state index in [0.717, 1.165) is 12.1 Å². The van der Waals surface area contributed by atoms with Crippen LogP contribution in [0.5, 0.6) is 0 Å². The van der Waals surface area contributed by atoms with Gasteiger partial charge in [0.15, 0.2) is 11.6 Å². The van der Waals surface area contributed by atoms with Gasteiger partial charge in [-0.15, -0.1) is 0 Å². The van der Waals surface area contributed by atoms with Crippen molar-refractivity contribution in [1.29, 1.82) is 0 Å². The maximum absolute atomic E-state index is 12.8. The summed E-state index contributed by atoms with van der Waals surface area (Å²) in [6, 6.07) is 3.24. The average molecular weight is 201 g/mol. The van der Waals surface area contributed by atoms with Crippen molar-refractivity contribution in [3.05, 3.63) is 35.4 Å². The molecule has 78 valence electrons. The molecule has 0 heterocycles. The lowest BCUT2D eigenvalue weighted by atomic mass is 9.92. The van der Waals surface area contributed by atoms with Gasteiger partial charge in [0.25, 0.3) is 0 Å². The van der Waals surface area contributed by atoms with Crippen LogP contribution < -0.4 is 5.73 Å². The Morgan fingerprint density at radius 3 is 2.29 bits per heavy atom. The Morgan fingerprint density at radius 1 is 1.29 bits per heavy atom. The minimum Gasteiger partial charge on any atom is -0.387 e. The third kappa shape index (κ3) is 2.27. The van der Waals surface area contributed by atoms with Crippen molar-refractivity contribution in [3.8, 4) is 0 Å². The van der Waals surface area contributed by atoms with Crippen molar-refractivity contribution >= 4 is 0 Å². The van der Waals surface area contributed by atoms with Gasteiger partial charge in [-0.25, -0.2) is 8.78 Å². The lowest BCUT2D eigenvalue weighted by Crippen LogP contribution is -2.39. The zero-order valence-corrected chi connectivity index (χ0v) is 8.09. The van der Waals surface area contributed by atoms with Gasteiger partial charge in [0.2, 0.25) is 0 Å². The van der Waals surface area contributed by atoms with E-state index in [-0.39, 0.29) is 5.56 Å². The third-order valence-electron chi connectivity index (χ3n) is 1.96. The summed E-state index contributed by atoms with van der Waals surface area (Å²) in [6.07, 6.45) is -1.02. The average Bonchev–Trinajstić information content (AvgIpc) is 2.07. The SMILES string of the molecule is CC(C)(N)C(O)c1ccc(F)c(F)c1. The second kappa shape index (κ2) is 3.63. The third-order valence-corrected chi connectivity index (χ3v) is 1.96. The van der Waals surface area contributed by atoms with Crippen LogP contribution in [0.2, 0.25) is 0 Å². The number of aliphatic hydroxyl groups is 1. The molecule has 14 heavy (non-hydrogen) atoms. The quantitative estimate of drug-likeness (QED) is 0.765. The summed E-state index contributed by atoms with van der Waals surface area (Å²) in [6.45, 7) is 3.22. The van der Waals surface area contributed by atoms with E-state index in [9.17, 15) is 13.9 Å². The van der Waals surface area contributed by atoms with E-state index >= 15 is 0 Å². The number of benzene rings is 1. The first-order valence-corrected chi connectivity index (χ1v) is 4.24. The lowest BCUT2D eigenvalue weighted by molar-refractivity contribution is 0.104. The molecule has 2 nitrogen and oxygen atoms in total. The van der Waals surface area contributed by atoms with Crippen LogP contribution in [-0.4, -0.2) is 10.6 Å². The van der Waals surface area contributed by atoms with Crippen LogP contribution in [0.15, 0.2) is 18.2 Å². The normalized spacial score (nSPS) is 14.1. The number of halogens is 2. The highest BCUT2D eigenvalue weighted by Crippen LogP contribution is 2.24. The van der Waals surface area contributed by atoms with Gasteiger partial charge < -0.3 is 10.8 Å². The Morgan fingerprint density at radius 2 is 1.86 bits per heavy atom. The first kappa shape index (κ1) is 11.1. The van der Waals surface area contributed by atoms with E-state index in [2.05, 4.69) is 0 Å². The smallest absolute Gasteiger partial charge is 0.159 e. The molecule has 1 unspecified atom stereocenters. The first-order valence-electron chi connectivity index (χ1n) is 4.24. The van der Waals surface area contributed by atoms with Crippen molar-refractivity contribution in [2.45, 2.75) is 25.5 Å². The molecule has 0 fully saturated rings. The zero-order valence-electron chi connectivity index (χ0n) is 8.09. The van der Waals surface area contributed by atoms with Gasteiger partial charge in [0, 0.05) is 5.54 Å². The highest BCUT2D eigenvalue weighted by Gasteiger charge is 2.24. The molecule has 1 aromatic rings. The fourth-order valence-electron chi connectivity index (χ4n) is 1.11. The van der Waals surface area contributed by atoms with E-state index in [4.69, 9.17) is 5.73 Å². The molecule has 0 aliphatic carbocycles. The van der Waals surface area contributed by atoms with Gasteiger partial charge in [0.1, 0.15) is 0 Å². The summed E-state index contributed by atoms with van der Waals surface area (Å²) in [5.74, 6) is -1.92.